The molecular formula is C45H77O8P. The maximum atomic E-state index is 12.4. The standard InChI is InChI=1S/C45H77O8P/c1-3-5-7-9-11-13-15-17-19-21-22-24-26-28-30-32-34-36-38-40-45(47)53-43(42-52-54(48,49)50)41-51-44(46)39-37-35-33-31-29-27-25-23-20-18-16-14-12-10-8-6-4-2/h6,8,12,14,17-20,25,27,31,33,43H,3-5,7,9-11,13,15-16,21-24,26,28-30,32,34-42H2,1-2H3,(H2,48,49,50)/b8-6+,14-12+,19-17+,20-18+,27-25+,33-31+/t43-/m1/s1. The molecule has 0 aromatic heterocycles. The Labute approximate surface area is 329 Å². The Hall–Kier alpha value is -2.51. The van der Waals surface area contributed by atoms with Gasteiger partial charge in [0.1, 0.15) is 6.61 Å². The summed E-state index contributed by atoms with van der Waals surface area (Å²) in [5, 5.41) is 0. The number of unbranched alkanes of at least 4 members (excludes halogenated alkanes) is 16. The van der Waals surface area contributed by atoms with E-state index >= 15 is 0 Å². The zero-order chi connectivity index (χ0) is 39.6. The SMILES string of the molecule is CC/C=C/C/C=C/C/C=C/C/C=C/C/C=C/CCCC(=O)OC[C@H](COP(=O)(O)O)OC(=O)CCCCCCCCCCC/C=C/CCCCCCCC. The molecule has 8 nitrogen and oxygen atoms in total. The highest BCUT2D eigenvalue weighted by atomic mass is 31.2. The summed E-state index contributed by atoms with van der Waals surface area (Å²) in [5.74, 6) is -0.958. The van der Waals surface area contributed by atoms with E-state index in [-0.39, 0.29) is 19.4 Å². The summed E-state index contributed by atoms with van der Waals surface area (Å²) in [6, 6.07) is 0. The van der Waals surface area contributed by atoms with Crippen LogP contribution in [0, 0.1) is 0 Å². The number of hydrogen-bond acceptors (Lipinski definition) is 6. The predicted molar refractivity (Wildman–Crippen MR) is 225 cm³/mol. The highest BCUT2D eigenvalue weighted by Crippen LogP contribution is 2.36. The Kier molecular flexibility index (Phi) is 38.3. The Bertz CT molecular complexity index is 1100. The van der Waals surface area contributed by atoms with Crippen LogP contribution in [0.25, 0.3) is 0 Å². The van der Waals surface area contributed by atoms with Gasteiger partial charge in [0.2, 0.25) is 0 Å². The van der Waals surface area contributed by atoms with Gasteiger partial charge in [0.15, 0.2) is 6.10 Å². The van der Waals surface area contributed by atoms with Crippen LogP contribution in [0.4, 0.5) is 0 Å². The third-order valence-corrected chi connectivity index (χ3v) is 9.19. The summed E-state index contributed by atoms with van der Waals surface area (Å²) in [6.07, 6.45) is 52.0. The van der Waals surface area contributed by atoms with E-state index in [9.17, 15) is 14.2 Å². The molecule has 0 aromatic rings. The minimum absolute atomic E-state index is 0.186. The van der Waals surface area contributed by atoms with Gasteiger partial charge in [-0.3, -0.25) is 14.1 Å². The van der Waals surface area contributed by atoms with Crippen molar-refractivity contribution in [3.8, 4) is 0 Å². The van der Waals surface area contributed by atoms with E-state index in [0.29, 0.717) is 12.8 Å². The number of allylic oxidation sites excluding steroid dienone is 12. The maximum Gasteiger partial charge on any atom is 0.469 e. The van der Waals surface area contributed by atoms with E-state index in [1.54, 1.807) is 0 Å². The van der Waals surface area contributed by atoms with Crippen LogP contribution in [0.1, 0.15) is 181 Å². The summed E-state index contributed by atoms with van der Waals surface area (Å²) < 4.78 is 26.3. The highest BCUT2D eigenvalue weighted by molar-refractivity contribution is 7.46. The van der Waals surface area contributed by atoms with Crippen LogP contribution in [0.3, 0.4) is 0 Å². The van der Waals surface area contributed by atoms with Crippen LogP contribution < -0.4 is 0 Å². The third kappa shape index (κ3) is 42.2. The molecule has 0 bridgehead atoms. The quantitative estimate of drug-likeness (QED) is 0.0275. The summed E-state index contributed by atoms with van der Waals surface area (Å²) in [7, 11) is -4.77. The van der Waals surface area contributed by atoms with Crippen molar-refractivity contribution in [2.75, 3.05) is 13.2 Å². The molecule has 54 heavy (non-hydrogen) atoms. The lowest BCUT2D eigenvalue weighted by Gasteiger charge is -2.18. The van der Waals surface area contributed by atoms with Gasteiger partial charge in [-0.1, -0.05) is 164 Å². The van der Waals surface area contributed by atoms with E-state index < -0.39 is 32.5 Å². The van der Waals surface area contributed by atoms with Crippen LogP contribution in [0.2, 0.25) is 0 Å². The number of rotatable bonds is 38. The average molecular weight is 777 g/mol. The van der Waals surface area contributed by atoms with Gasteiger partial charge in [0.25, 0.3) is 0 Å². The lowest BCUT2D eigenvalue weighted by molar-refractivity contribution is -0.161. The molecule has 0 unspecified atom stereocenters. The van der Waals surface area contributed by atoms with Gasteiger partial charge in [-0.25, -0.2) is 4.57 Å². The van der Waals surface area contributed by atoms with Gasteiger partial charge in [-0.05, 0) is 77.0 Å². The second-order valence-electron chi connectivity index (χ2n) is 13.9. The fourth-order valence-corrected chi connectivity index (χ4v) is 5.94. The Balaban J connectivity index is 4.01. The van der Waals surface area contributed by atoms with E-state index in [2.05, 4.69) is 85.2 Å². The number of phosphoric acid groups is 1. The molecule has 0 heterocycles. The van der Waals surface area contributed by atoms with Crippen molar-refractivity contribution in [3.63, 3.8) is 0 Å². The molecule has 0 amide bonds. The van der Waals surface area contributed by atoms with Crippen molar-refractivity contribution in [1.29, 1.82) is 0 Å². The van der Waals surface area contributed by atoms with Gasteiger partial charge in [-0.2, -0.15) is 0 Å². The first-order chi connectivity index (χ1) is 26.3. The first-order valence-corrected chi connectivity index (χ1v) is 22.8. The van der Waals surface area contributed by atoms with Crippen LogP contribution in [0.15, 0.2) is 72.9 Å². The number of ether oxygens (including phenoxy) is 2. The molecule has 1 atom stereocenters. The smallest absolute Gasteiger partial charge is 0.462 e. The van der Waals surface area contributed by atoms with Crippen molar-refractivity contribution in [1.82, 2.24) is 0 Å². The van der Waals surface area contributed by atoms with Crippen molar-refractivity contribution in [2.45, 2.75) is 187 Å². The van der Waals surface area contributed by atoms with Gasteiger partial charge in [-0.15, -0.1) is 0 Å². The number of phosphoric ester groups is 1. The topological polar surface area (TPSA) is 119 Å². The molecule has 0 saturated carbocycles. The third-order valence-electron chi connectivity index (χ3n) is 8.71. The lowest BCUT2D eigenvalue weighted by atomic mass is 10.1. The van der Waals surface area contributed by atoms with E-state index in [0.717, 1.165) is 57.8 Å². The Morgan fingerprint density at radius 1 is 0.500 bits per heavy atom. The van der Waals surface area contributed by atoms with Gasteiger partial charge < -0.3 is 19.3 Å². The average Bonchev–Trinajstić information content (AvgIpc) is 3.14. The number of esters is 2. The van der Waals surface area contributed by atoms with Crippen molar-refractivity contribution in [3.05, 3.63) is 72.9 Å². The molecular weight excluding hydrogens is 699 g/mol. The Morgan fingerprint density at radius 3 is 1.41 bits per heavy atom. The lowest BCUT2D eigenvalue weighted by Crippen LogP contribution is -2.29. The van der Waals surface area contributed by atoms with E-state index in [1.807, 2.05) is 6.08 Å². The molecule has 0 aliphatic rings. The van der Waals surface area contributed by atoms with Crippen LogP contribution in [-0.2, 0) is 28.2 Å². The molecule has 0 rings (SSSR count). The molecule has 0 saturated heterocycles. The van der Waals surface area contributed by atoms with Crippen LogP contribution in [-0.4, -0.2) is 41.0 Å². The number of hydrogen-bond donors (Lipinski definition) is 2. The minimum Gasteiger partial charge on any atom is -0.462 e. The number of carbonyl (C=O) groups is 2. The zero-order valence-electron chi connectivity index (χ0n) is 34.1. The monoisotopic (exact) mass is 777 g/mol. The van der Waals surface area contributed by atoms with Crippen molar-refractivity contribution >= 4 is 19.8 Å². The predicted octanol–water partition coefficient (Wildman–Crippen LogP) is 13.1. The second kappa shape index (κ2) is 40.2. The van der Waals surface area contributed by atoms with Gasteiger partial charge >= 0.3 is 19.8 Å². The number of carbonyl (C=O) groups excluding carboxylic acids is 2. The van der Waals surface area contributed by atoms with E-state index in [1.165, 1.54) is 83.5 Å². The molecule has 0 radical (unpaired) electrons. The molecule has 2 N–H and O–H groups in total. The fraction of sp³-hybridized carbons (Fsp3) is 0.689. The zero-order valence-corrected chi connectivity index (χ0v) is 35.0. The first-order valence-electron chi connectivity index (χ1n) is 21.2. The molecule has 0 aliphatic carbocycles. The van der Waals surface area contributed by atoms with Gasteiger partial charge in [0, 0.05) is 12.8 Å². The molecule has 0 aromatic carbocycles. The molecule has 0 aliphatic heterocycles. The minimum atomic E-state index is -4.77. The molecule has 0 fully saturated rings. The molecule has 0 spiro atoms. The fourth-order valence-electron chi connectivity index (χ4n) is 5.58. The summed E-state index contributed by atoms with van der Waals surface area (Å²) in [5.41, 5.74) is 0. The summed E-state index contributed by atoms with van der Waals surface area (Å²) in [6.45, 7) is 3.52. The second-order valence-corrected chi connectivity index (χ2v) is 15.2. The summed E-state index contributed by atoms with van der Waals surface area (Å²) in [4.78, 5) is 42.8. The van der Waals surface area contributed by atoms with Crippen molar-refractivity contribution < 1.29 is 37.9 Å². The van der Waals surface area contributed by atoms with Crippen LogP contribution in [0.5, 0.6) is 0 Å². The van der Waals surface area contributed by atoms with Gasteiger partial charge in [0.05, 0.1) is 6.61 Å². The van der Waals surface area contributed by atoms with Crippen LogP contribution >= 0.6 is 7.82 Å². The first kappa shape index (κ1) is 51.5. The highest BCUT2D eigenvalue weighted by Gasteiger charge is 2.22. The Morgan fingerprint density at radius 2 is 0.907 bits per heavy atom. The van der Waals surface area contributed by atoms with Crippen molar-refractivity contribution in [2.24, 2.45) is 0 Å². The normalized spacial score (nSPS) is 13.2. The van der Waals surface area contributed by atoms with E-state index in [4.69, 9.17) is 19.3 Å². The maximum absolute atomic E-state index is 12.4. The molecule has 9 heteroatoms. The largest absolute Gasteiger partial charge is 0.469 e. The molecule has 310 valence electrons. The summed E-state index contributed by atoms with van der Waals surface area (Å²) >= 11 is 0.